The van der Waals surface area contributed by atoms with E-state index in [0.29, 0.717) is 12.6 Å². The van der Waals surface area contributed by atoms with Crippen LogP contribution >= 0.6 is 0 Å². The zero-order valence-corrected chi connectivity index (χ0v) is 17.0. The Bertz CT molecular complexity index is 1330. The molecule has 31 heavy (non-hydrogen) atoms. The third kappa shape index (κ3) is 3.85. The predicted octanol–water partition coefficient (Wildman–Crippen LogP) is 3.08. The monoisotopic (exact) mass is 410 g/mol. The third-order valence-corrected chi connectivity index (χ3v) is 5.52. The normalized spacial score (nSPS) is 13.8. The molecule has 0 saturated heterocycles. The van der Waals surface area contributed by atoms with E-state index in [0.717, 1.165) is 34.8 Å². The Hall–Kier alpha value is -3.78. The number of nitrogens with one attached hydrogen (secondary N) is 1. The summed E-state index contributed by atoms with van der Waals surface area (Å²) in [5.41, 5.74) is 5.86. The minimum atomic E-state index is 0.565. The summed E-state index contributed by atoms with van der Waals surface area (Å²) in [7, 11) is 0. The molecule has 1 saturated carbocycles. The van der Waals surface area contributed by atoms with Gasteiger partial charge in [0.2, 0.25) is 0 Å². The Balaban J connectivity index is 1.20. The van der Waals surface area contributed by atoms with Crippen molar-refractivity contribution in [3.8, 4) is 16.9 Å². The Morgan fingerprint density at radius 1 is 1.03 bits per heavy atom. The lowest BCUT2D eigenvalue weighted by atomic mass is 10.2. The second kappa shape index (κ2) is 7.48. The second-order valence-corrected chi connectivity index (χ2v) is 8.01. The third-order valence-electron chi connectivity index (χ3n) is 5.52. The van der Waals surface area contributed by atoms with Crippen molar-refractivity contribution < 1.29 is 0 Å². The maximum absolute atomic E-state index is 4.72. The van der Waals surface area contributed by atoms with E-state index in [1.54, 1.807) is 0 Å². The van der Waals surface area contributed by atoms with Crippen molar-refractivity contribution in [1.82, 2.24) is 39.2 Å². The van der Waals surface area contributed by atoms with Crippen LogP contribution in [0, 0.1) is 0 Å². The average molecular weight is 410 g/mol. The molecule has 6 rings (SSSR count). The maximum atomic E-state index is 4.72. The number of hydrogen-bond acceptors (Lipinski definition) is 5. The summed E-state index contributed by atoms with van der Waals surface area (Å²) in [5.74, 6) is 0. The zero-order valence-electron chi connectivity index (χ0n) is 17.0. The van der Waals surface area contributed by atoms with Crippen LogP contribution in [0.4, 0.5) is 0 Å². The Morgan fingerprint density at radius 2 is 1.94 bits per heavy atom. The van der Waals surface area contributed by atoms with Gasteiger partial charge < -0.3 is 14.3 Å². The molecule has 8 heteroatoms. The number of fused-ring (bicyclic) bond motifs is 1. The first-order chi connectivity index (χ1) is 15.3. The van der Waals surface area contributed by atoms with Gasteiger partial charge >= 0.3 is 0 Å². The quantitative estimate of drug-likeness (QED) is 0.446. The molecule has 0 aliphatic heterocycles. The lowest BCUT2D eigenvalue weighted by Crippen LogP contribution is -2.15. The van der Waals surface area contributed by atoms with Crippen molar-refractivity contribution in [1.29, 1.82) is 0 Å². The van der Waals surface area contributed by atoms with Crippen molar-refractivity contribution in [3.63, 3.8) is 0 Å². The van der Waals surface area contributed by atoms with E-state index in [4.69, 9.17) is 4.98 Å². The number of nitrogens with zero attached hydrogens (tertiary/aromatic N) is 7. The molecule has 8 nitrogen and oxygen atoms in total. The minimum Gasteiger partial charge on any atom is -0.322 e. The number of hydrogen-bond donors (Lipinski definition) is 1. The molecule has 0 amide bonds. The highest BCUT2D eigenvalue weighted by molar-refractivity contribution is 5.59. The summed E-state index contributed by atoms with van der Waals surface area (Å²) in [6, 6.07) is 11.0. The molecule has 0 radical (unpaired) electrons. The molecule has 0 spiro atoms. The van der Waals surface area contributed by atoms with E-state index < -0.39 is 0 Å². The molecular formula is C23H22N8. The van der Waals surface area contributed by atoms with Crippen molar-refractivity contribution in [2.75, 3.05) is 0 Å². The molecule has 1 aliphatic rings. The molecule has 1 aliphatic carbocycles. The van der Waals surface area contributed by atoms with Gasteiger partial charge in [0.25, 0.3) is 0 Å². The molecule has 1 N–H and O–H groups in total. The molecule has 0 unspecified atom stereocenters. The summed E-state index contributed by atoms with van der Waals surface area (Å²) in [6.45, 7) is 1.46. The molecule has 0 bridgehead atoms. The second-order valence-electron chi connectivity index (χ2n) is 8.01. The van der Waals surface area contributed by atoms with Crippen LogP contribution < -0.4 is 5.32 Å². The smallest absolute Gasteiger partial charge is 0.137 e. The summed E-state index contributed by atoms with van der Waals surface area (Å²) >= 11 is 0. The lowest BCUT2D eigenvalue weighted by molar-refractivity contribution is 0.641. The lowest BCUT2D eigenvalue weighted by Gasteiger charge is -2.03. The molecule has 0 atom stereocenters. The van der Waals surface area contributed by atoms with E-state index in [9.17, 15) is 0 Å². The fraction of sp³-hybridized carbons (Fsp3) is 0.217. The van der Waals surface area contributed by atoms with Gasteiger partial charge in [-0.2, -0.15) is 0 Å². The van der Waals surface area contributed by atoms with Crippen LogP contribution in [0.15, 0.2) is 73.7 Å². The van der Waals surface area contributed by atoms with Gasteiger partial charge in [-0.25, -0.2) is 9.67 Å². The van der Waals surface area contributed by atoms with E-state index >= 15 is 0 Å². The van der Waals surface area contributed by atoms with Gasteiger partial charge in [0.05, 0.1) is 30.3 Å². The largest absolute Gasteiger partial charge is 0.322 e. The molecule has 154 valence electrons. The number of aromatic nitrogens is 7. The van der Waals surface area contributed by atoms with Gasteiger partial charge in [-0.15, -0.1) is 5.10 Å². The molecule has 1 fully saturated rings. The fourth-order valence-electron chi connectivity index (χ4n) is 3.71. The van der Waals surface area contributed by atoms with Gasteiger partial charge in [-0.05, 0) is 42.7 Å². The van der Waals surface area contributed by atoms with E-state index in [-0.39, 0.29) is 0 Å². The molecular weight excluding hydrogens is 388 g/mol. The predicted molar refractivity (Wildman–Crippen MR) is 117 cm³/mol. The van der Waals surface area contributed by atoms with Crippen molar-refractivity contribution >= 4 is 5.65 Å². The number of imidazole rings is 1. The minimum absolute atomic E-state index is 0.565. The Labute approximate surface area is 179 Å². The van der Waals surface area contributed by atoms with Crippen LogP contribution in [0.5, 0.6) is 0 Å². The molecule has 5 heterocycles. The standard InChI is InChI=1S/C23H22N8/c1-2-8-29(7-1)21-9-18(11-24-12-21)22-16-31(28-27-22)15-20-14-30-13-17(3-6-23(30)26-20)10-25-19-4-5-19/h1-3,6-9,11-14,16,19,25H,4-5,10,15H2. The first kappa shape index (κ1) is 18.0. The van der Waals surface area contributed by atoms with Crippen LogP contribution in [0.1, 0.15) is 24.1 Å². The van der Waals surface area contributed by atoms with Crippen LogP contribution in [0.2, 0.25) is 0 Å². The highest BCUT2D eigenvalue weighted by Crippen LogP contribution is 2.20. The van der Waals surface area contributed by atoms with E-state index in [1.807, 2.05) is 52.4 Å². The van der Waals surface area contributed by atoms with Gasteiger partial charge in [0.1, 0.15) is 11.3 Å². The summed E-state index contributed by atoms with van der Waals surface area (Å²) in [5, 5.41) is 12.2. The van der Waals surface area contributed by atoms with Gasteiger partial charge in [0, 0.05) is 49.1 Å². The van der Waals surface area contributed by atoms with E-state index in [2.05, 4.69) is 55.6 Å². The van der Waals surface area contributed by atoms with Crippen LogP contribution in [-0.2, 0) is 13.1 Å². The van der Waals surface area contributed by atoms with Gasteiger partial charge in [0.15, 0.2) is 0 Å². The molecule has 5 aromatic rings. The molecule has 5 aromatic heterocycles. The summed E-state index contributed by atoms with van der Waals surface area (Å²) in [4.78, 5) is 9.08. The van der Waals surface area contributed by atoms with Crippen LogP contribution in [0.3, 0.4) is 0 Å². The zero-order chi connectivity index (χ0) is 20.6. The van der Waals surface area contributed by atoms with Gasteiger partial charge in [-0.3, -0.25) is 4.98 Å². The highest BCUT2D eigenvalue weighted by Gasteiger charge is 2.20. The fourth-order valence-corrected chi connectivity index (χ4v) is 3.71. The summed E-state index contributed by atoms with van der Waals surface area (Å²) in [6.07, 6.45) is 16.4. The average Bonchev–Trinajstić information content (AvgIpc) is 3.18. The van der Waals surface area contributed by atoms with Crippen LogP contribution in [-0.4, -0.2) is 40.0 Å². The Morgan fingerprint density at radius 3 is 2.81 bits per heavy atom. The van der Waals surface area contributed by atoms with Gasteiger partial charge in [-0.1, -0.05) is 11.3 Å². The van der Waals surface area contributed by atoms with Crippen molar-refractivity contribution in [2.45, 2.75) is 32.0 Å². The first-order valence-corrected chi connectivity index (χ1v) is 10.5. The first-order valence-electron chi connectivity index (χ1n) is 10.5. The highest BCUT2D eigenvalue weighted by atomic mass is 15.4. The topological polar surface area (TPSA) is 77.9 Å². The van der Waals surface area contributed by atoms with Crippen molar-refractivity contribution in [3.05, 3.63) is 85.0 Å². The molecule has 0 aromatic carbocycles. The SMILES string of the molecule is c1ccn(-c2cncc(-c3cn(Cc4cn5cc(CNC6CC6)ccc5n4)nn3)c2)c1. The number of pyridine rings is 2. The maximum Gasteiger partial charge on any atom is 0.137 e. The summed E-state index contributed by atoms with van der Waals surface area (Å²) < 4.78 is 5.92. The van der Waals surface area contributed by atoms with Crippen LogP contribution in [0.25, 0.3) is 22.6 Å². The Kier molecular flexibility index (Phi) is 4.35. The van der Waals surface area contributed by atoms with E-state index in [1.165, 1.54) is 18.4 Å². The number of rotatable bonds is 7. The van der Waals surface area contributed by atoms with Crippen molar-refractivity contribution in [2.24, 2.45) is 0 Å².